The molecule has 0 spiro atoms. The summed E-state index contributed by atoms with van der Waals surface area (Å²) in [6, 6.07) is 15.6. The lowest BCUT2D eigenvalue weighted by molar-refractivity contribution is 0.0734. The maximum absolute atomic E-state index is 12.7. The van der Waals surface area contributed by atoms with Crippen molar-refractivity contribution < 1.29 is 9.53 Å². The lowest BCUT2D eigenvalue weighted by Gasteiger charge is -2.29. The summed E-state index contributed by atoms with van der Waals surface area (Å²) in [7, 11) is 0. The molecule has 0 bridgehead atoms. The van der Waals surface area contributed by atoms with Crippen LogP contribution < -0.4 is 4.74 Å². The Morgan fingerprint density at radius 1 is 0.944 bits per heavy atom. The van der Waals surface area contributed by atoms with Crippen molar-refractivity contribution in [3.63, 3.8) is 0 Å². The van der Waals surface area contributed by atoms with Gasteiger partial charge in [0, 0.05) is 0 Å². The zero-order valence-corrected chi connectivity index (χ0v) is 22.7. The van der Waals surface area contributed by atoms with E-state index in [0.29, 0.717) is 28.7 Å². The third-order valence-electron chi connectivity index (χ3n) is 7.69. The van der Waals surface area contributed by atoms with Gasteiger partial charge in [-0.15, -0.1) is 0 Å². The van der Waals surface area contributed by atoms with Crippen LogP contribution in [0, 0.1) is 23.2 Å². The topological polar surface area (TPSA) is 50.1 Å². The Labute approximate surface area is 219 Å². The van der Waals surface area contributed by atoms with Crippen LogP contribution in [-0.2, 0) is 6.42 Å². The Kier molecular flexibility index (Phi) is 11.5. The number of esters is 1. The third kappa shape index (κ3) is 8.81. The van der Waals surface area contributed by atoms with E-state index in [0.717, 1.165) is 17.9 Å². The van der Waals surface area contributed by atoms with Crippen LogP contribution in [0.25, 0.3) is 0 Å². The van der Waals surface area contributed by atoms with E-state index >= 15 is 0 Å². The van der Waals surface area contributed by atoms with Crippen molar-refractivity contribution >= 4 is 5.97 Å². The van der Waals surface area contributed by atoms with Crippen molar-refractivity contribution in [1.82, 2.24) is 0 Å². The molecule has 194 valence electrons. The van der Waals surface area contributed by atoms with Gasteiger partial charge in [-0.25, -0.2) is 4.79 Å². The van der Waals surface area contributed by atoms with E-state index in [9.17, 15) is 10.1 Å². The fourth-order valence-electron chi connectivity index (χ4n) is 5.58. The second-order valence-electron chi connectivity index (χ2n) is 11.2. The average molecular weight is 488 g/mol. The first-order chi connectivity index (χ1) is 17.5. The zero-order valence-electron chi connectivity index (χ0n) is 22.7. The smallest absolute Gasteiger partial charge is 0.343 e. The molecule has 0 saturated heterocycles. The van der Waals surface area contributed by atoms with E-state index in [1.54, 1.807) is 6.07 Å². The minimum absolute atomic E-state index is 0.332. The molecule has 0 atom stereocenters. The summed E-state index contributed by atoms with van der Waals surface area (Å²) >= 11 is 0. The van der Waals surface area contributed by atoms with Gasteiger partial charge in [-0.1, -0.05) is 90.3 Å². The molecule has 3 heteroatoms. The standard InChI is InChI=1S/C33H45NO2/c1-4-5-6-7-8-9-10-11-26-12-15-28(16-13-26)29-17-19-30(20-18-29)33(35)36-32-21-14-27(22-25(2)3)23-31(32)24-34/h14,17-21,23,25-26,28H,4-13,15-16,22H2,1-3H3. The van der Waals surface area contributed by atoms with Gasteiger partial charge in [0.25, 0.3) is 0 Å². The van der Waals surface area contributed by atoms with Crippen molar-refractivity contribution in [2.75, 3.05) is 0 Å². The summed E-state index contributed by atoms with van der Waals surface area (Å²) in [5, 5.41) is 9.52. The number of benzene rings is 2. The lowest BCUT2D eigenvalue weighted by Crippen LogP contribution is -2.14. The maximum Gasteiger partial charge on any atom is 0.343 e. The first-order valence-corrected chi connectivity index (χ1v) is 14.3. The number of carbonyl (C=O) groups is 1. The van der Waals surface area contributed by atoms with E-state index in [1.807, 2.05) is 24.3 Å². The first-order valence-electron chi connectivity index (χ1n) is 14.3. The highest BCUT2D eigenvalue weighted by atomic mass is 16.5. The number of hydrogen-bond donors (Lipinski definition) is 0. The first kappa shape index (κ1) is 28.0. The molecule has 0 amide bonds. The van der Waals surface area contributed by atoms with Crippen LogP contribution in [0.2, 0.25) is 0 Å². The highest BCUT2D eigenvalue weighted by Gasteiger charge is 2.22. The predicted molar refractivity (Wildman–Crippen MR) is 148 cm³/mol. The van der Waals surface area contributed by atoms with Gasteiger partial charge in [-0.3, -0.25) is 0 Å². The van der Waals surface area contributed by atoms with E-state index in [-0.39, 0.29) is 0 Å². The van der Waals surface area contributed by atoms with Crippen LogP contribution >= 0.6 is 0 Å². The summed E-state index contributed by atoms with van der Waals surface area (Å²) in [5.41, 5.74) is 3.35. The number of nitriles is 1. The molecule has 2 aromatic rings. The Hall–Kier alpha value is -2.60. The average Bonchev–Trinajstić information content (AvgIpc) is 2.89. The second-order valence-corrected chi connectivity index (χ2v) is 11.2. The molecule has 0 aliphatic heterocycles. The minimum Gasteiger partial charge on any atom is -0.422 e. The maximum atomic E-state index is 12.7. The molecule has 36 heavy (non-hydrogen) atoms. The van der Waals surface area contributed by atoms with Crippen LogP contribution in [0.3, 0.4) is 0 Å². The van der Waals surface area contributed by atoms with Gasteiger partial charge in [0.2, 0.25) is 0 Å². The molecule has 1 aliphatic rings. The fraction of sp³-hybridized carbons (Fsp3) is 0.576. The Bertz CT molecular complexity index is 978. The largest absolute Gasteiger partial charge is 0.422 e. The van der Waals surface area contributed by atoms with Crippen molar-refractivity contribution in [1.29, 1.82) is 5.26 Å². The number of ether oxygens (including phenoxy) is 1. The number of hydrogen-bond acceptors (Lipinski definition) is 3. The molecule has 0 N–H and O–H groups in total. The van der Waals surface area contributed by atoms with Crippen molar-refractivity contribution in [3.05, 3.63) is 64.7 Å². The minimum atomic E-state index is -0.409. The van der Waals surface area contributed by atoms with Gasteiger partial charge < -0.3 is 4.74 Å². The molecule has 1 saturated carbocycles. The molecular formula is C33H45NO2. The monoisotopic (exact) mass is 487 g/mol. The van der Waals surface area contributed by atoms with Crippen LogP contribution in [0.15, 0.2) is 42.5 Å². The molecule has 1 fully saturated rings. The van der Waals surface area contributed by atoms with Crippen molar-refractivity contribution in [2.45, 2.75) is 110 Å². The van der Waals surface area contributed by atoms with Crippen LogP contribution in [0.1, 0.15) is 131 Å². The predicted octanol–water partition coefficient (Wildman–Crippen LogP) is 9.39. The zero-order chi connectivity index (χ0) is 25.8. The Balaban J connectivity index is 1.45. The van der Waals surface area contributed by atoms with E-state index < -0.39 is 5.97 Å². The van der Waals surface area contributed by atoms with Gasteiger partial charge in [0.05, 0.1) is 11.1 Å². The van der Waals surface area contributed by atoms with E-state index in [1.165, 1.54) is 82.6 Å². The molecule has 2 aromatic carbocycles. The summed E-state index contributed by atoms with van der Waals surface area (Å²) in [6.07, 6.45) is 17.2. The molecule has 0 aromatic heterocycles. The lowest BCUT2D eigenvalue weighted by atomic mass is 9.77. The highest BCUT2D eigenvalue weighted by Crippen LogP contribution is 2.38. The number of unbranched alkanes of at least 4 members (excludes halogenated alkanes) is 6. The van der Waals surface area contributed by atoms with E-state index in [4.69, 9.17) is 4.74 Å². The quantitative estimate of drug-likeness (QED) is 0.161. The molecule has 1 aliphatic carbocycles. The summed E-state index contributed by atoms with van der Waals surface area (Å²) in [5.74, 6) is 1.92. The van der Waals surface area contributed by atoms with Gasteiger partial charge in [0.15, 0.2) is 0 Å². The van der Waals surface area contributed by atoms with Crippen LogP contribution in [0.4, 0.5) is 0 Å². The van der Waals surface area contributed by atoms with E-state index in [2.05, 4.69) is 39.0 Å². The van der Waals surface area contributed by atoms with Gasteiger partial charge >= 0.3 is 5.97 Å². The Morgan fingerprint density at radius 3 is 2.25 bits per heavy atom. The van der Waals surface area contributed by atoms with Crippen LogP contribution in [-0.4, -0.2) is 5.97 Å². The van der Waals surface area contributed by atoms with Gasteiger partial charge in [-0.2, -0.15) is 5.26 Å². The molecule has 0 heterocycles. The Morgan fingerprint density at radius 2 is 1.61 bits per heavy atom. The SMILES string of the molecule is CCCCCCCCCC1CCC(c2ccc(C(=O)Oc3ccc(CC(C)C)cc3C#N)cc2)CC1. The fourth-order valence-corrected chi connectivity index (χ4v) is 5.58. The molecule has 0 radical (unpaired) electrons. The van der Waals surface area contributed by atoms with Crippen molar-refractivity contribution in [2.24, 2.45) is 11.8 Å². The second kappa shape index (κ2) is 14.8. The summed E-state index contributed by atoms with van der Waals surface area (Å²) < 4.78 is 5.59. The summed E-state index contributed by atoms with van der Waals surface area (Å²) in [4.78, 5) is 12.7. The van der Waals surface area contributed by atoms with Gasteiger partial charge in [0.1, 0.15) is 11.8 Å². The third-order valence-corrected chi connectivity index (χ3v) is 7.69. The van der Waals surface area contributed by atoms with Crippen molar-refractivity contribution in [3.8, 4) is 11.8 Å². The van der Waals surface area contributed by atoms with Crippen LogP contribution in [0.5, 0.6) is 5.75 Å². The number of rotatable bonds is 13. The normalized spacial score (nSPS) is 17.6. The van der Waals surface area contributed by atoms with Gasteiger partial charge in [-0.05, 0) is 85.3 Å². The molecular weight excluding hydrogens is 442 g/mol. The molecule has 3 nitrogen and oxygen atoms in total. The molecule has 0 unspecified atom stereocenters. The molecule has 3 rings (SSSR count). The summed E-state index contributed by atoms with van der Waals surface area (Å²) in [6.45, 7) is 6.57. The number of carbonyl (C=O) groups excluding carboxylic acids is 1. The highest BCUT2D eigenvalue weighted by molar-refractivity contribution is 5.91. The number of nitrogens with zero attached hydrogens (tertiary/aromatic N) is 1.